The van der Waals surface area contributed by atoms with Gasteiger partial charge in [-0.15, -0.1) is 0 Å². The zero-order valence-corrected chi connectivity index (χ0v) is 17.2. The molecule has 1 amide bonds. The second-order valence-corrected chi connectivity index (χ2v) is 7.40. The Morgan fingerprint density at radius 2 is 1.97 bits per heavy atom. The van der Waals surface area contributed by atoms with Gasteiger partial charge in [0.25, 0.3) is 11.5 Å². The molecule has 3 aromatic heterocycles. The van der Waals surface area contributed by atoms with Crippen molar-refractivity contribution in [2.45, 2.75) is 37.3 Å². The standard InChI is InChI=1S/C21H22N4O8/c26-10-14-15(27)16(28)17(29)21(33-14)32-13-4-2-6-25-18(13)23-9-12(20(25)31)19(30)24-8-11-3-1-5-22-7-11/h1-7,9,14-17,21,26-29H,8,10H2,(H,24,30). The molecule has 5 N–H and O–H groups in total. The number of aromatic nitrogens is 3. The molecule has 0 radical (unpaired) electrons. The smallest absolute Gasteiger partial charge is 0.270 e. The van der Waals surface area contributed by atoms with Gasteiger partial charge in [0.15, 0.2) is 11.4 Å². The summed E-state index contributed by atoms with van der Waals surface area (Å²) in [6.45, 7) is -0.440. The summed E-state index contributed by atoms with van der Waals surface area (Å²) in [5.74, 6) is -0.604. The Kier molecular flexibility index (Phi) is 6.62. The molecule has 1 fully saturated rings. The van der Waals surface area contributed by atoms with Crippen molar-refractivity contribution in [3.8, 4) is 5.75 Å². The van der Waals surface area contributed by atoms with Gasteiger partial charge in [0.2, 0.25) is 6.29 Å². The molecule has 0 aromatic carbocycles. The highest BCUT2D eigenvalue weighted by atomic mass is 16.7. The van der Waals surface area contributed by atoms with Crippen molar-refractivity contribution >= 4 is 11.6 Å². The molecule has 5 atom stereocenters. The lowest BCUT2D eigenvalue weighted by Gasteiger charge is -2.39. The van der Waals surface area contributed by atoms with Gasteiger partial charge in [-0.05, 0) is 23.8 Å². The molecule has 5 unspecified atom stereocenters. The zero-order chi connectivity index (χ0) is 23.5. The van der Waals surface area contributed by atoms with Crippen LogP contribution in [-0.4, -0.2) is 78.0 Å². The summed E-state index contributed by atoms with van der Waals surface area (Å²) >= 11 is 0. The monoisotopic (exact) mass is 458 g/mol. The summed E-state index contributed by atoms with van der Waals surface area (Å²) in [6.07, 6.45) is -1.71. The van der Waals surface area contributed by atoms with Gasteiger partial charge in [-0.1, -0.05) is 6.07 Å². The molecule has 174 valence electrons. The van der Waals surface area contributed by atoms with E-state index in [2.05, 4.69) is 15.3 Å². The number of hydrogen-bond acceptors (Lipinski definition) is 10. The van der Waals surface area contributed by atoms with Crippen LogP contribution in [-0.2, 0) is 11.3 Å². The van der Waals surface area contributed by atoms with Crippen molar-refractivity contribution in [2.24, 2.45) is 0 Å². The first kappa shape index (κ1) is 22.8. The van der Waals surface area contributed by atoms with E-state index in [0.717, 1.165) is 16.2 Å². The number of rotatable bonds is 6. The van der Waals surface area contributed by atoms with Crippen LogP contribution in [0.3, 0.4) is 0 Å². The van der Waals surface area contributed by atoms with E-state index in [-0.39, 0.29) is 23.5 Å². The van der Waals surface area contributed by atoms with Crippen LogP contribution in [0.25, 0.3) is 5.65 Å². The number of nitrogens with one attached hydrogen (secondary N) is 1. The number of amides is 1. The van der Waals surface area contributed by atoms with Crippen molar-refractivity contribution in [1.82, 2.24) is 19.7 Å². The van der Waals surface area contributed by atoms with Crippen LogP contribution in [0.1, 0.15) is 15.9 Å². The number of hydrogen-bond donors (Lipinski definition) is 5. The van der Waals surface area contributed by atoms with Gasteiger partial charge in [-0.2, -0.15) is 0 Å². The summed E-state index contributed by atoms with van der Waals surface area (Å²) in [7, 11) is 0. The first-order valence-corrected chi connectivity index (χ1v) is 10.1. The van der Waals surface area contributed by atoms with Crippen molar-refractivity contribution < 1.29 is 34.7 Å². The van der Waals surface area contributed by atoms with E-state index in [1.54, 1.807) is 24.5 Å². The molecule has 12 heteroatoms. The fourth-order valence-corrected chi connectivity index (χ4v) is 3.40. The lowest BCUT2D eigenvalue weighted by atomic mass is 9.99. The van der Waals surface area contributed by atoms with Gasteiger partial charge in [0.05, 0.1) is 6.61 Å². The van der Waals surface area contributed by atoms with Crippen molar-refractivity contribution in [2.75, 3.05) is 6.61 Å². The second-order valence-electron chi connectivity index (χ2n) is 7.40. The third-order valence-electron chi connectivity index (χ3n) is 5.21. The number of ether oxygens (including phenoxy) is 2. The van der Waals surface area contributed by atoms with Gasteiger partial charge in [0.1, 0.15) is 30.0 Å². The lowest BCUT2D eigenvalue weighted by molar-refractivity contribution is -0.277. The molecule has 3 aromatic rings. The third kappa shape index (κ3) is 4.55. The van der Waals surface area contributed by atoms with E-state index in [0.29, 0.717) is 0 Å². The van der Waals surface area contributed by atoms with Crippen molar-refractivity contribution in [1.29, 1.82) is 0 Å². The number of carbonyl (C=O) groups excluding carboxylic acids is 1. The summed E-state index contributed by atoms with van der Waals surface area (Å²) in [5.41, 5.74) is -0.0532. The van der Waals surface area contributed by atoms with E-state index in [4.69, 9.17) is 9.47 Å². The van der Waals surface area contributed by atoms with Crippen molar-refractivity contribution in [3.05, 3.63) is 70.5 Å². The summed E-state index contributed by atoms with van der Waals surface area (Å²) in [5, 5.41) is 42.0. The maximum Gasteiger partial charge on any atom is 0.270 e. The quantitative estimate of drug-likeness (QED) is 0.283. The topological polar surface area (TPSA) is 176 Å². The van der Waals surface area contributed by atoms with Crippen LogP contribution < -0.4 is 15.6 Å². The molecule has 1 aliphatic heterocycles. The first-order chi connectivity index (χ1) is 15.9. The molecule has 0 spiro atoms. The average Bonchev–Trinajstić information content (AvgIpc) is 2.84. The van der Waals surface area contributed by atoms with Gasteiger partial charge < -0.3 is 35.2 Å². The number of carbonyl (C=O) groups is 1. The highest BCUT2D eigenvalue weighted by Gasteiger charge is 2.44. The Balaban J connectivity index is 1.57. The van der Waals surface area contributed by atoms with Crippen molar-refractivity contribution in [3.63, 3.8) is 0 Å². The molecule has 1 saturated heterocycles. The predicted octanol–water partition coefficient (Wildman–Crippen LogP) is -1.80. The molecule has 1 aliphatic rings. The van der Waals surface area contributed by atoms with Crippen LogP contribution in [0.5, 0.6) is 5.75 Å². The Morgan fingerprint density at radius 1 is 1.15 bits per heavy atom. The summed E-state index contributed by atoms with van der Waals surface area (Å²) in [6, 6.07) is 6.42. The predicted molar refractivity (Wildman–Crippen MR) is 111 cm³/mol. The fraction of sp³-hybridized carbons (Fsp3) is 0.333. The molecule has 33 heavy (non-hydrogen) atoms. The number of aliphatic hydroxyl groups excluding tert-OH is 4. The molecule has 0 aliphatic carbocycles. The number of fused-ring (bicyclic) bond motifs is 1. The second kappa shape index (κ2) is 9.60. The van der Waals surface area contributed by atoms with E-state index < -0.39 is 48.8 Å². The Morgan fingerprint density at radius 3 is 2.70 bits per heavy atom. The Labute approximate surface area is 186 Å². The molecular formula is C21H22N4O8. The average molecular weight is 458 g/mol. The van der Waals surface area contributed by atoms with Crippen LogP contribution in [0.2, 0.25) is 0 Å². The van der Waals surface area contributed by atoms with Gasteiger partial charge in [-0.3, -0.25) is 19.0 Å². The molecule has 0 saturated carbocycles. The third-order valence-corrected chi connectivity index (χ3v) is 5.21. The minimum Gasteiger partial charge on any atom is -0.458 e. The van der Waals surface area contributed by atoms with Gasteiger partial charge >= 0.3 is 0 Å². The summed E-state index contributed by atoms with van der Waals surface area (Å²) < 4.78 is 12.0. The number of pyridine rings is 2. The maximum atomic E-state index is 12.9. The van der Waals surface area contributed by atoms with Crippen LogP contribution in [0.4, 0.5) is 0 Å². The minimum absolute atomic E-state index is 0.0150. The highest BCUT2D eigenvalue weighted by Crippen LogP contribution is 2.26. The molecule has 4 rings (SSSR count). The van der Waals surface area contributed by atoms with E-state index in [9.17, 15) is 30.0 Å². The molecule has 4 heterocycles. The fourth-order valence-electron chi connectivity index (χ4n) is 3.40. The van der Waals surface area contributed by atoms with Crippen LogP contribution >= 0.6 is 0 Å². The largest absolute Gasteiger partial charge is 0.458 e. The summed E-state index contributed by atoms with van der Waals surface area (Å²) in [4.78, 5) is 33.5. The molecule has 12 nitrogen and oxygen atoms in total. The molecule has 0 bridgehead atoms. The van der Waals surface area contributed by atoms with Gasteiger partial charge in [-0.25, -0.2) is 4.98 Å². The van der Waals surface area contributed by atoms with E-state index >= 15 is 0 Å². The maximum absolute atomic E-state index is 12.9. The lowest BCUT2D eigenvalue weighted by Crippen LogP contribution is -2.60. The SMILES string of the molecule is O=C(NCc1cccnc1)c1cnc2c(OC3OC(CO)C(O)C(O)C3O)cccn2c1=O. The number of aliphatic hydroxyl groups is 4. The highest BCUT2D eigenvalue weighted by molar-refractivity contribution is 5.93. The van der Waals surface area contributed by atoms with E-state index in [1.165, 1.54) is 18.3 Å². The first-order valence-electron chi connectivity index (χ1n) is 10.1. The number of nitrogens with zero attached hydrogens (tertiary/aromatic N) is 3. The normalized spacial score (nSPS) is 25.0. The Hall–Kier alpha value is -3.42. The minimum atomic E-state index is -1.63. The van der Waals surface area contributed by atoms with Gasteiger partial charge in [0, 0.05) is 31.3 Å². The zero-order valence-electron chi connectivity index (χ0n) is 17.2. The molecular weight excluding hydrogens is 436 g/mol. The van der Waals surface area contributed by atoms with Crippen LogP contribution in [0, 0.1) is 0 Å². The van der Waals surface area contributed by atoms with Crippen LogP contribution in [0.15, 0.2) is 53.8 Å². The Bertz CT molecular complexity index is 1190. The van der Waals surface area contributed by atoms with E-state index in [1.807, 2.05) is 0 Å².